The fourth-order valence-corrected chi connectivity index (χ4v) is 1.45. The van der Waals surface area contributed by atoms with Crippen LogP contribution in [0.25, 0.3) is 0 Å². The van der Waals surface area contributed by atoms with Crippen LogP contribution >= 0.6 is 11.6 Å². The fraction of sp³-hybridized carbons (Fsp3) is 0.400. The van der Waals surface area contributed by atoms with Gasteiger partial charge in [0.25, 0.3) is 0 Å². The minimum Gasteiger partial charge on any atom is -0.319 e. The molecule has 0 aliphatic rings. The summed E-state index contributed by atoms with van der Waals surface area (Å²) in [7, 11) is 1.49. The lowest BCUT2D eigenvalue weighted by Gasteiger charge is -2.20. The minimum absolute atomic E-state index is 0.134. The summed E-state index contributed by atoms with van der Waals surface area (Å²) in [6.45, 7) is -0.134. The third kappa shape index (κ3) is 3.39. The Hall–Kier alpha value is -0.740. The second-order valence-corrected chi connectivity index (χ2v) is 3.64. The van der Waals surface area contributed by atoms with Crippen LogP contribution in [0.1, 0.15) is 11.5 Å². The van der Waals surface area contributed by atoms with E-state index in [2.05, 4.69) is 5.32 Å². The molecule has 1 N–H and O–H groups in total. The first kappa shape index (κ1) is 12.3. The molecule has 0 spiro atoms. The molecule has 1 unspecified atom stereocenters. The van der Waals surface area contributed by atoms with Gasteiger partial charge in [-0.2, -0.15) is 13.2 Å². The van der Waals surface area contributed by atoms with E-state index in [0.29, 0.717) is 5.02 Å². The van der Waals surface area contributed by atoms with Crippen molar-refractivity contribution in [2.24, 2.45) is 0 Å². The first-order valence-corrected chi connectivity index (χ1v) is 4.79. The predicted molar refractivity (Wildman–Crippen MR) is 54.2 cm³/mol. The number of hydrogen-bond donors (Lipinski definition) is 1. The average molecular weight is 238 g/mol. The van der Waals surface area contributed by atoms with Crippen LogP contribution in [-0.4, -0.2) is 19.8 Å². The topological polar surface area (TPSA) is 12.0 Å². The summed E-state index contributed by atoms with van der Waals surface area (Å²) >= 11 is 5.61. The van der Waals surface area contributed by atoms with Crippen LogP contribution in [0.4, 0.5) is 13.2 Å². The highest BCUT2D eigenvalue weighted by Crippen LogP contribution is 2.34. The number of halogens is 4. The monoisotopic (exact) mass is 237 g/mol. The van der Waals surface area contributed by atoms with E-state index in [9.17, 15) is 13.2 Å². The van der Waals surface area contributed by atoms with Crippen molar-refractivity contribution in [3.63, 3.8) is 0 Å². The third-order valence-corrected chi connectivity index (χ3v) is 2.33. The van der Waals surface area contributed by atoms with Crippen LogP contribution in [0.15, 0.2) is 24.3 Å². The van der Waals surface area contributed by atoms with Gasteiger partial charge in [0.05, 0.1) is 5.92 Å². The molecule has 1 rings (SSSR count). The molecule has 0 saturated heterocycles. The Labute approximate surface area is 91.2 Å². The van der Waals surface area contributed by atoms with Crippen molar-refractivity contribution < 1.29 is 13.2 Å². The van der Waals surface area contributed by atoms with Crippen molar-refractivity contribution in [3.05, 3.63) is 34.9 Å². The molecule has 1 nitrogen and oxygen atoms in total. The Morgan fingerprint density at radius 1 is 1.27 bits per heavy atom. The zero-order valence-corrected chi connectivity index (χ0v) is 8.86. The molecule has 0 aliphatic carbocycles. The molecule has 0 heterocycles. The predicted octanol–water partition coefficient (Wildman–Crippen LogP) is 3.21. The summed E-state index contributed by atoms with van der Waals surface area (Å²) in [4.78, 5) is 0. The zero-order chi connectivity index (χ0) is 11.5. The summed E-state index contributed by atoms with van der Waals surface area (Å²) in [5.41, 5.74) is 0.223. The zero-order valence-electron chi connectivity index (χ0n) is 8.11. The molecule has 0 bridgehead atoms. The van der Waals surface area contributed by atoms with E-state index >= 15 is 0 Å². The maximum Gasteiger partial charge on any atom is 0.396 e. The molecule has 0 aliphatic heterocycles. The molecule has 1 aromatic rings. The van der Waals surface area contributed by atoms with Crippen LogP contribution in [0, 0.1) is 0 Å². The molecular formula is C10H11ClF3N. The number of likely N-dealkylation sites (N-methyl/N-ethyl adjacent to an activating group) is 1. The molecule has 1 aromatic carbocycles. The van der Waals surface area contributed by atoms with Gasteiger partial charge < -0.3 is 5.32 Å². The Balaban J connectivity index is 2.94. The maximum absolute atomic E-state index is 12.6. The van der Waals surface area contributed by atoms with Crippen LogP contribution in [0.5, 0.6) is 0 Å². The molecule has 0 radical (unpaired) electrons. The highest BCUT2D eigenvalue weighted by molar-refractivity contribution is 6.30. The molecule has 5 heteroatoms. The second kappa shape index (κ2) is 4.86. The normalized spacial score (nSPS) is 13.9. The van der Waals surface area contributed by atoms with Crippen molar-refractivity contribution >= 4 is 11.6 Å². The Morgan fingerprint density at radius 3 is 2.20 bits per heavy atom. The highest BCUT2D eigenvalue weighted by atomic mass is 35.5. The van der Waals surface area contributed by atoms with Crippen molar-refractivity contribution in [3.8, 4) is 0 Å². The Morgan fingerprint density at radius 2 is 1.80 bits per heavy atom. The van der Waals surface area contributed by atoms with Gasteiger partial charge in [-0.3, -0.25) is 0 Å². The summed E-state index contributed by atoms with van der Waals surface area (Å²) in [6, 6.07) is 5.73. The lowest BCUT2D eigenvalue weighted by molar-refractivity contribution is -0.149. The first-order valence-electron chi connectivity index (χ1n) is 4.42. The number of hydrogen-bond acceptors (Lipinski definition) is 1. The van der Waals surface area contributed by atoms with Gasteiger partial charge in [-0.15, -0.1) is 0 Å². The average Bonchev–Trinajstić information content (AvgIpc) is 2.14. The lowest BCUT2D eigenvalue weighted by atomic mass is 9.99. The lowest BCUT2D eigenvalue weighted by Crippen LogP contribution is -2.29. The minimum atomic E-state index is -4.24. The number of nitrogens with one attached hydrogen (secondary N) is 1. The van der Waals surface area contributed by atoms with Crippen molar-refractivity contribution in [2.45, 2.75) is 12.1 Å². The highest BCUT2D eigenvalue weighted by Gasteiger charge is 2.39. The Bertz CT molecular complexity index is 307. The molecular weight excluding hydrogens is 227 g/mol. The third-order valence-electron chi connectivity index (χ3n) is 2.08. The van der Waals surface area contributed by atoms with Gasteiger partial charge in [0, 0.05) is 11.6 Å². The second-order valence-electron chi connectivity index (χ2n) is 3.20. The van der Waals surface area contributed by atoms with Gasteiger partial charge in [0.15, 0.2) is 0 Å². The standard InChI is InChI=1S/C10H11ClF3N/c1-15-6-9(10(12,13)14)7-2-4-8(11)5-3-7/h2-5,9,15H,6H2,1H3. The molecule has 0 fully saturated rings. The van der Waals surface area contributed by atoms with Gasteiger partial charge in [0.2, 0.25) is 0 Å². The largest absolute Gasteiger partial charge is 0.396 e. The van der Waals surface area contributed by atoms with E-state index in [4.69, 9.17) is 11.6 Å². The molecule has 15 heavy (non-hydrogen) atoms. The fourth-order valence-electron chi connectivity index (χ4n) is 1.32. The van der Waals surface area contributed by atoms with Gasteiger partial charge in [-0.1, -0.05) is 23.7 Å². The van der Waals surface area contributed by atoms with E-state index in [1.54, 1.807) is 0 Å². The summed E-state index contributed by atoms with van der Waals surface area (Å²) in [6.07, 6.45) is -4.24. The Kier molecular flexibility index (Phi) is 3.99. The van der Waals surface area contributed by atoms with E-state index in [1.165, 1.54) is 31.3 Å². The maximum atomic E-state index is 12.6. The van der Waals surface area contributed by atoms with Crippen LogP contribution in [0.2, 0.25) is 5.02 Å². The quantitative estimate of drug-likeness (QED) is 0.851. The van der Waals surface area contributed by atoms with E-state index < -0.39 is 12.1 Å². The smallest absolute Gasteiger partial charge is 0.319 e. The van der Waals surface area contributed by atoms with Gasteiger partial charge >= 0.3 is 6.18 Å². The summed E-state index contributed by atoms with van der Waals surface area (Å²) in [5, 5.41) is 2.97. The van der Waals surface area contributed by atoms with E-state index in [1.807, 2.05) is 0 Å². The number of rotatable bonds is 3. The summed E-state index contributed by atoms with van der Waals surface area (Å²) in [5.74, 6) is -1.49. The van der Waals surface area contributed by atoms with Crippen molar-refractivity contribution in [1.29, 1.82) is 0 Å². The molecule has 84 valence electrons. The van der Waals surface area contributed by atoms with Gasteiger partial charge in [-0.05, 0) is 24.7 Å². The molecule has 0 saturated carbocycles. The number of benzene rings is 1. The van der Waals surface area contributed by atoms with Crippen molar-refractivity contribution in [1.82, 2.24) is 5.32 Å². The molecule has 0 amide bonds. The van der Waals surface area contributed by atoms with E-state index in [0.717, 1.165) is 0 Å². The van der Waals surface area contributed by atoms with E-state index in [-0.39, 0.29) is 12.1 Å². The SMILES string of the molecule is CNCC(c1ccc(Cl)cc1)C(F)(F)F. The molecule has 1 atom stereocenters. The van der Waals surface area contributed by atoms with Crippen molar-refractivity contribution in [2.75, 3.05) is 13.6 Å². The van der Waals surface area contributed by atoms with Crippen LogP contribution < -0.4 is 5.32 Å². The first-order chi connectivity index (χ1) is 6.95. The van der Waals surface area contributed by atoms with Gasteiger partial charge in [-0.25, -0.2) is 0 Å². The molecule has 0 aromatic heterocycles. The summed E-state index contributed by atoms with van der Waals surface area (Å²) < 4.78 is 37.9. The van der Waals surface area contributed by atoms with Gasteiger partial charge in [0.1, 0.15) is 0 Å². The van der Waals surface area contributed by atoms with Crippen LogP contribution in [-0.2, 0) is 0 Å². The van der Waals surface area contributed by atoms with Crippen LogP contribution in [0.3, 0.4) is 0 Å². The number of alkyl halides is 3.